The first kappa shape index (κ1) is 25.8. The van der Waals surface area contributed by atoms with Gasteiger partial charge in [0.2, 0.25) is 5.91 Å². The molecule has 0 heterocycles. The van der Waals surface area contributed by atoms with Gasteiger partial charge in [-0.2, -0.15) is 0 Å². The number of aliphatic hydroxyl groups is 2. The van der Waals surface area contributed by atoms with Crippen LogP contribution >= 0.6 is 0 Å². The summed E-state index contributed by atoms with van der Waals surface area (Å²) in [5, 5.41) is 35.2. The molecule has 2 saturated carbocycles. The normalized spacial score (nSPS) is 30.2. The van der Waals surface area contributed by atoms with Gasteiger partial charge < -0.3 is 31.3 Å². The van der Waals surface area contributed by atoms with Crippen LogP contribution in [0, 0.1) is 23.7 Å². The van der Waals surface area contributed by atoms with Crippen LogP contribution in [0.1, 0.15) is 42.1 Å². The van der Waals surface area contributed by atoms with Crippen LogP contribution in [0.5, 0.6) is 5.75 Å². The molecule has 6 atom stereocenters. The number of hydrogen-bond donors (Lipinski definition) is 5. The van der Waals surface area contributed by atoms with Crippen LogP contribution in [-0.2, 0) is 25.6 Å². The molecule has 4 rings (SSSR count). The van der Waals surface area contributed by atoms with E-state index in [0.717, 1.165) is 0 Å². The molecule has 1 amide bonds. The summed E-state index contributed by atoms with van der Waals surface area (Å²) >= 11 is 0. The number of aliphatic hydroxyl groups excluding tert-OH is 1. The van der Waals surface area contributed by atoms with Crippen molar-refractivity contribution in [1.82, 2.24) is 0 Å². The first-order valence-corrected chi connectivity index (χ1v) is 12.0. The topological polar surface area (TPSA) is 187 Å². The van der Waals surface area contributed by atoms with Crippen molar-refractivity contribution in [1.29, 1.82) is 0 Å². The van der Waals surface area contributed by atoms with Crippen LogP contribution in [0.4, 0.5) is 11.4 Å². The minimum atomic E-state index is -2.68. The summed E-state index contributed by atoms with van der Waals surface area (Å²) in [6, 6.07) is 1.66. The summed E-state index contributed by atoms with van der Waals surface area (Å²) in [6.45, 7) is 1.91. The highest BCUT2D eigenvalue weighted by molar-refractivity contribution is 6.31. The summed E-state index contributed by atoms with van der Waals surface area (Å²) in [5.74, 6) is -10.5. The molecule has 36 heavy (non-hydrogen) atoms. The van der Waals surface area contributed by atoms with Crippen LogP contribution in [0.15, 0.2) is 6.07 Å². The van der Waals surface area contributed by atoms with Gasteiger partial charge in [-0.05, 0) is 36.8 Å². The number of anilines is 2. The lowest BCUT2D eigenvalue weighted by atomic mass is 9.53. The monoisotopic (exact) mass is 501 g/mol. The SMILES string of the molecule is CCC(O)CNc1cc(N(C)C)c2c(c1O)C(=O)C1C(=O)[C@]3(O)C(=O)C(C(N)=O)C(=O)C[C@@H]3C[C@@H]1C2. The third kappa shape index (κ3) is 3.68. The van der Waals surface area contributed by atoms with E-state index in [4.69, 9.17) is 5.73 Å². The van der Waals surface area contributed by atoms with Gasteiger partial charge in [0.15, 0.2) is 34.7 Å². The Morgan fingerprint density at radius 3 is 2.47 bits per heavy atom. The summed E-state index contributed by atoms with van der Waals surface area (Å²) < 4.78 is 0. The van der Waals surface area contributed by atoms with Crippen molar-refractivity contribution in [3.8, 4) is 5.75 Å². The standard InChI is InChI=1S/C25H31N3O8/c1-4-12(29)9-27-14-8-15(28(2)3)13-6-10-5-11-7-16(30)19(24(26)35)23(34)25(11,36)22(33)17(10)21(32)18(13)20(14)31/h8,10-12,17,19,27,29,31,36H,4-7,9H2,1-3H3,(H2,26,35)/t10-,11+,12?,17?,19?,25+/m1/s1. The number of nitrogens with one attached hydrogen (secondary N) is 1. The Hall–Kier alpha value is -3.31. The highest BCUT2D eigenvalue weighted by atomic mass is 16.3. The second-order valence-electron chi connectivity index (χ2n) is 10.2. The van der Waals surface area contributed by atoms with Gasteiger partial charge >= 0.3 is 0 Å². The third-order valence-corrected chi connectivity index (χ3v) is 7.86. The molecule has 11 nitrogen and oxygen atoms in total. The van der Waals surface area contributed by atoms with Crippen molar-refractivity contribution in [2.24, 2.45) is 29.4 Å². The largest absolute Gasteiger partial charge is 0.505 e. The average Bonchev–Trinajstić information content (AvgIpc) is 2.80. The number of benzene rings is 1. The highest BCUT2D eigenvalue weighted by Crippen LogP contribution is 2.52. The van der Waals surface area contributed by atoms with E-state index in [1.54, 1.807) is 32.0 Å². The molecular formula is C25H31N3O8. The molecule has 0 aliphatic heterocycles. The molecule has 2 fully saturated rings. The van der Waals surface area contributed by atoms with Crippen molar-refractivity contribution in [2.75, 3.05) is 30.9 Å². The molecule has 0 aromatic heterocycles. The number of nitrogens with zero attached hydrogens (tertiary/aromatic N) is 1. The number of amides is 1. The Morgan fingerprint density at radius 2 is 1.89 bits per heavy atom. The van der Waals surface area contributed by atoms with Crippen molar-refractivity contribution in [2.45, 2.75) is 44.3 Å². The number of carbonyl (C=O) groups is 5. The van der Waals surface area contributed by atoms with Crippen LogP contribution < -0.4 is 16.0 Å². The molecule has 1 aromatic rings. The number of nitrogens with two attached hydrogens (primary N) is 1. The van der Waals surface area contributed by atoms with Crippen molar-refractivity contribution >= 4 is 40.4 Å². The minimum absolute atomic E-state index is 0.0391. The number of primary amides is 1. The number of hydrogen-bond acceptors (Lipinski definition) is 10. The molecule has 0 bridgehead atoms. The Kier molecular flexibility index (Phi) is 6.42. The maximum Gasteiger partial charge on any atom is 0.235 e. The fourth-order valence-electron chi connectivity index (χ4n) is 5.92. The first-order chi connectivity index (χ1) is 16.8. The van der Waals surface area contributed by atoms with E-state index in [1.165, 1.54) is 0 Å². The Bertz CT molecular complexity index is 1180. The van der Waals surface area contributed by atoms with Gasteiger partial charge in [0, 0.05) is 38.7 Å². The Morgan fingerprint density at radius 1 is 1.22 bits per heavy atom. The zero-order valence-electron chi connectivity index (χ0n) is 20.4. The summed E-state index contributed by atoms with van der Waals surface area (Å²) in [5.41, 5.74) is 3.79. The van der Waals surface area contributed by atoms with Crippen LogP contribution in [-0.4, -0.2) is 76.7 Å². The van der Waals surface area contributed by atoms with E-state index >= 15 is 0 Å². The fraction of sp³-hybridized carbons (Fsp3) is 0.560. The molecule has 3 unspecified atom stereocenters. The Balaban J connectivity index is 1.80. The second kappa shape index (κ2) is 8.97. The number of carbonyl (C=O) groups excluding carboxylic acids is 5. The molecule has 0 spiro atoms. The van der Waals surface area contributed by atoms with E-state index < -0.39 is 64.4 Å². The van der Waals surface area contributed by atoms with Crippen molar-refractivity contribution in [3.05, 3.63) is 17.2 Å². The Labute approximate surface area is 207 Å². The number of rotatable bonds is 6. The predicted octanol–water partition coefficient (Wildman–Crippen LogP) is -0.424. The fourth-order valence-corrected chi connectivity index (χ4v) is 5.92. The number of fused-ring (bicyclic) bond motifs is 3. The first-order valence-electron chi connectivity index (χ1n) is 12.0. The third-order valence-electron chi connectivity index (χ3n) is 7.86. The number of phenolic OH excluding ortho intramolecular Hbond substituents is 1. The van der Waals surface area contributed by atoms with Crippen molar-refractivity contribution in [3.63, 3.8) is 0 Å². The summed E-state index contributed by atoms with van der Waals surface area (Å²) in [7, 11) is 3.53. The average molecular weight is 502 g/mol. The van der Waals surface area contributed by atoms with Gasteiger partial charge in [0.25, 0.3) is 0 Å². The van der Waals surface area contributed by atoms with Crippen LogP contribution in [0.2, 0.25) is 0 Å². The number of Topliss-reactive ketones (excluding diaryl/α,β-unsaturated/α-hetero) is 4. The molecule has 3 aliphatic carbocycles. The predicted molar refractivity (Wildman–Crippen MR) is 128 cm³/mol. The van der Waals surface area contributed by atoms with E-state index in [2.05, 4.69) is 5.32 Å². The van der Waals surface area contributed by atoms with E-state index in [-0.39, 0.29) is 42.8 Å². The zero-order valence-corrected chi connectivity index (χ0v) is 20.4. The van der Waals surface area contributed by atoms with Gasteiger partial charge in [-0.1, -0.05) is 6.92 Å². The van der Waals surface area contributed by atoms with Gasteiger partial charge in [-0.15, -0.1) is 0 Å². The highest BCUT2D eigenvalue weighted by Gasteiger charge is 2.66. The molecule has 1 aromatic carbocycles. The molecule has 0 radical (unpaired) electrons. The minimum Gasteiger partial charge on any atom is -0.505 e. The maximum atomic E-state index is 13.7. The van der Waals surface area contributed by atoms with E-state index in [0.29, 0.717) is 17.7 Å². The zero-order chi connectivity index (χ0) is 26.7. The van der Waals surface area contributed by atoms with Crippen molar-refractivity contribution < 1.29 is 39.3 Å². The summed E-state index contributed by atoms with van der Waals surface area (Å²) in [4.78, 5) is 66.3. The molecule has 0 saturated heterocycles. The molecule has 3 aliphatic rings. The van der Waals surface area contributed by atoms with Gasteiger partial charge in [-0.3, -0.25) is 24.0 Å². The summed E-state index contributed by atoms with van der Waals surface area (Å²) in [6.07, 6.45) is -0.353. The van der Waals surface area contributed by atoms with Crippen LogP contribution in [0.25, 0.3) is 0 Å². The lowest BCUT2D eigenvalue weighted by molar-refractivity contribution is -0.175. The lowest BCUT2D eigenvalue weighted by Gasteiger charge is -2.48. The quantitative estimate of drug-likeness (QED) is 0.253. The maximum absolute atomic E-state index is 13.7. The van der Waals surface area contributed by atoms with E-state index in [9.17, 15) is 39.3 Å². The van der Waals surface area contributed by atoms with Gasteiger partial charge in [-0.25, -0.2) is 0 Å². The lowest BCUT2D eigenvalue weighted by Crippen LogP contribution is -2.68. The molecule has 194 valence electrons. The van der Waals surface area contributed by atoms with Gasteiger partial charge in [0.1, 0.15) is 5.75 Å². The molecule has 11 heteroatoms. The number of ketones is 4. The van der Waals surface area contributed by atoms with E-state index in [1.807, 2.05) is 0 Å². The molecule has 6 N–H and O–H groups in total. The number of phenols is 1. The number of aromatic hydroxyl groups is 1. The second-order valence-corrected chi connectivity index (χ2v) is 10.2. The van der Waals surface area contributed by atoms with Crippen LogP contribution in [0.3, 0.4) is 0 Å². The molecular weight excluding hydrogens is 470 g/mol. The smallest absolute Gasteiger partial charge is 0.235 e. The van der Waals surface area contributed by atoms with Gasteiger partial charge in [0.05, 0.1) is 23.3 Å².